The predicted molar refractivity (Wildman–Crippen MR) is 81.0 cm³/mol. The maximum absolute atomic E-state index is 3.81. The van der Waals surface area contributed by atoms with Crippen LogP contribution in [0.15, 0.2) is 0 Å². The highest BCUT2D eigenvalue weighted by Gasteiger charge is 2.40. The molecule has 0 radical (unpaired) electrons. The van der Waals surface area contributed by atoms with Gasteiger partial charge in [-0.05, 0) is 45.1 Å². The van der Waals surface area contributed by atoms with Crippen LogP contribution in [0.5, 0.6) is 0 Å². The summed E-state index contributed by atoms with van der Waals surface area (Å²) in [7, 11) is 0. The highest BCUT2D eigenvalue weighted by atomic mass is 15.3. The molecule has 1 rings (SSSR count). The van der Waals surface area contributed by atoms with E-state index in [1.165, 1.54) is 32.4 Å². The highest BCUT2D eigenvalue weighted by molar-refractivity contribution is 5.00. The van der Waals surface area contributed by atoms with E-state index in [0.29, 0.717) is 16.5 Å². The van der Waals surface area contributed by atoms with E-state index in [1.807, 2.05) is 0 Å². The molecule has 0 spiro atoms. The Balaban J connectivity index is 2.71. The summed E-state index contributed by atoms with van der Waals surface area (Å²) in [4.78, 5) is 2.71. The second kappa shape index (κ2) is 5.50. The number of nitrogens with zero attached hydrogens (tertiary/aromatic N) is 1. The van der Waals surface area contributed by atoms with Crippen LogP contribution in [0.3, 0.4) is 0 Å². The quantitative estimate of drug-likeness (QED) is 0.823. The van der Waals surface area contributed by atoms with E-state index in [-0.39, 0.29) is 0 Å². The van der Waals surface area contributed by atoms with Crippen LogP contribution in [0, 0.1) is 5.41 Å². The molecular weight excluding hydrogens is 220 g/mol. The zero-order valence-electron chi connectivity index (χ0n) is 13.7. The molecule has 108 valence electrons. The molecule has 0 unspecified atom stereocenters. The third-order valence-electron chi connectivity index (χ3n) is 4.73. The first-order chi connectivity index (χ1) is 8.14. The van der Waals surface area contributed by atoms with Crippen LogP contribution in [0.4, 0.5) is 0 Å². The van der Waals surface area contributed by atoms with Crippen LogP contribution < -0.4 is 5.32 Å². The van der Waals surface area contributed by atoms with Gasteiger partial charge in [0.25, 0.3) is 0 Å². The Labute approximate surface area is 115 Å². The minimum Gasteiger partial charge on any atom is -0.308 e. The van der Waals surface area contributed by atoms with E-state index < -0.39 is 0 Å². The monoisotopic (exact) mass is 254 g/mol. The molecule has 0 aromatic rings. The minimum absolute atomic E-state index is 0.291. The van der Waals surface area contributed by atoms with Crippen LogP contribution in [-0.2, 0) is 0 Å². The number of hydrogen-bond donors (Lipinski definition) is 1. The smallest absolute Gasteiger partial charge is 0.0304 e. The van der Waals surface area contributed by atoms with Gasteiger partial charge in [0, 0.05) is 24.2 Å². The Morgan fingerprint density at radius 1 is 1.11 bits per heavy atom. The molecule has 1 aliphatic heterocycles. The molecule has 0 bridgehead atoms. The van der Waals surface area contributed by atoms with Crippen molar-refractivity contribution in [2.24, 2.45) is 5.41 Å². The number of hydrogen-bond acceptors (Lipinski definition) is 2. The third-order valence-corrected chi connectivity index (χ3v) is 4.73. The van der Waals surface area contributed by atoms with Gasteiger partial charge in [-0.25, -0.2) is 0 Å². The molecule has 2 nitrogen and oxygen atoms in total. The summed E-state index contributed by atoms with van der Waals surface area (Å²) in [6, 6.07) is 0. The third kappa shape index (κ3) is 3.96. The number of nitrogens with one attached hydrogen (secondary N) is 1. The number of piperazine rings is 1. The van der Waals surface area contributed by atoms with Crippen LogP contribution >= 0.6 is 0 Å². The second-order valence-electron chi connectivity index (χ2n) is 7.89. The molecule has 0 aliphatic carbocycles. The summed E-state index contributed by atoms with van der Waals surface area (Å²) in [6.07, 6.45) is 3.73. The van der Waals surface area contributed by atoms with E-state index in [2.05, 4.69) is 58.7 Å². The minimum atomic E-state index is 0.291. The topological polar surface area (TPSA) is 15.3 Å². The van der Waals surface area contributed by atoms with E-state index in [0.717, 1.165) is 6.54 Å². The fourth-order valence-corrected chi connectivity index (χ4v) is 2.73. The van der Waals surface area contributed by atoms with Gasteiger partial charge in [0.2, 0.25) is 0 Å². The Morgan fingerprint density at radius 2 is 1.67 bits per heavy atom. The van der Waals surface area contributed by atoms with Gasteiger partial charge in [-0.3, -0.25) is 4.90 Å². The van der Waals surface area contributed by atoms with Crippen molar-refractivity contribution >= 4 is 0 Å². The fourth-order valence-electron chi connectivity index (χ4n) is 2.73. The molecule has 18 heavy (non-hydrogen) atoms. The molecule has 1 saturated heterocycles. The van der Waals surface area contributed by atoms with Crippen molar-refractivity contribution in [3.8, 4) is 0 Å². The van der Waals surface area contributed by atoms with Gasteiger partial charge in [-0.15, -0.1) is 0 Å². The SMILES string of the molecule is CCC1(CC)CN(CCC(C)(C)C)C(C)(C)CN1. The molecule has 1 fully saturated rings. The lowest BCUT2D eigenvalue weighted by Gasteiger charge is -2.52. The van der Waals surface area contributed by atoms with Crippen molar-refractivity contribution < 1.29 is 0 Å². The van der Waals surface area contributed by atoms with Gasteiger partial charge >= 0.3 is 0 Å². The summed E-state index contributed by atoms with van der Waals surface area (Å²) in [5.41, 5.74) is 1.06. The summed E-state index contributed by atoms with van der Waals surface area (Å²) in [6.45, 7) is 19.9. The molecule has 1 aliphatic rings. The standard InChI is InChI=1S/C16H34N2/c1-8-16(9-2)13-18(11-10-14(3,4)5)15(6,7)12-17-16/h17H,8-13H2,1-7H3. The molecule has 0 aromatic heterocycles. The molecule has 1 heterocycles. The first-order valence-corrected chi connectivity index (χ1v) is 7.64. The van der Waals surface area contributed by atoms with Crippen LogP contribution in [0.2, 0.25) is 0 Å². The van der Waals surface area contributed by atoms with E-state index in [1.54, 1.807) is 0 Å². The lowest BCUT2D eigenvalue weighted by Crippen LogP contribution is -2.68. The van der Waals surface area contributed by atoms with E-state index >= 15 is 0 Å². The maximum atomic E-state index is 3.81. The van der Waals surface area contributed by atoms with Crippen molar-refractivity contribution in [3.63, 3.8) is 0 Å². The summed E-state index contributed by atoms with van der Waals surface area (Å²) in [5.74, 6) is 0. The van der Waals surface area contributed by atoms with E-state index in [9.17, 15) is 0 Å². The average Bonchev–Trinajstić information content (AvgIpc) is 2.27. The van der Waals surface area contributed by atoms with Crippen molar-refractivity contribution in [1.29, 1.82) is 0 Å². The van der Waals surface area contributed by atoms with Crippen molar-refractivity contribution in [1.82, 2.24) is 10.2 Å². The molecule has 0 saturated carbocycles. The van der Waals surface area contributed by atoms with Gasteiger partial charge in [-0.1, -0.05) is 34.6 Å². The molecule has 0 atom stereocenters. The Bertz CT molecular complexity index is 259. The Kier molecular flexibility index (Phi) is 4.88. The molecular formula is C16H34N2. The van der Waals surface area contributed by atoms with Crippen molar-refractivity contribution in [3.05, 3.63) is 0 Å². The van der Waals surface area contributed by atoms with Gasteiger partial charge < -0.3 is 5.32 Å². The van der Waals surface area contributed by atoms with Crippen molar-refractivity contribution in [2.45, 2.75) is 78.8 Å². The summed E-state index contributed by atoms with van der Waals surface area (Å²) in [5, 5.41) is 3.81. The lowest BCUT2D eigenvalue weighted by molar-refractivity contribution is 0.0156. The van der Waals surface area contributed by atoms with Gasteiger partial charge in [0.1, 0.15) is 0 Å². The Hall–Kier alpha value is -0.0800. The molecule has 0 amide bonds. The fraction of sp³-hybridized carbons (Fsp3) is 1.00. The second-order valence-corrected chi connectivity index (χ2v) is 7.89. The lowest BCUT2D eigenvalue weighted by atomic mass is 9.83. The highest BCUT2D eigenvalue weighted by Crippen LogP contribution is 2.30. The molecule has 1 N–H and O–H groups in total. The van der Waals surface area contributed by atoms with E-state index in [4.69, 9.17) is 0 Å². The van der Waals surface area contributed by atoms with Gasteiger partial charge in [0.05, 0.1) is 0 Å². The largest absolute Gasteiger partial charge is 0.308 e. The van der Waals surface area contributed by atoms with Gasteiger partial charge in [-0.2, -0.15) is 0 Å². The Morgan fingerprint density at radius 3 is 2.11 bits per heavy atom. The first kappa shape index (κ1) is 16.0. The summed E-state index contributed by atoms with van der Waals surface area (Å²) < 4.78 is 0. The predicted octanol–water partition coefficient (Wildman–Crippen LogP) is 3.67. The van der Waals surface area contributed by atoms with Crippen LogP contribution in [-0.4, -0.2) is 35.6 Å². The van der Waals surface area contributed by atoms with Gasteiger partial charge in [0.15, 0.2) is 0 Å². The first-order valence-electron chi connectivity index (χ1n) is 7.64. The van der Waals surface area contributed by atoms with Crippen LogP contribution in [0.25, 0.3) is 0 Å². The normalized spacial score (nSPS) is 24.2. The zero-order valence-corrected chi connectivity index (χ0v) is 13.7. The summed E-state index contributed by atoms with van der Waals surface area (Å²) >= 11 is 0. The maximum Gasteiger partial charge on any atom is 0.0304 e. The molecule has 0 aromatic carbocycles. The number of rotatable bonds is 4. The zero-order chi connectivity index (χ0) is 14.0. The molecule has 2 heteroatoms. The van der Waals surface area contributed by atoms with Crippen LogP contribution in [0.1, 0.15) is 67.7 Å². The average molecular weight is 254 g/mol. The van der Waals surface area contributed by atoms with Crippen molar-refractivity contribution in [2.75, 3.05) is 19.6 Å².